The van der Waals surface area contributed by atoms with Crippen molar-refractivity contribution in [2.45, 2.75) is 6.61 Å². The molecule has 3 aromatic rings. The van der Waals surface area contributed by atoms with Crippen LogP contribution in [0.5, 0.6) is 5.75 Å². The molecule has 1 fully saturated rings. The maximum Gasteiger partial charge on any atom is 0.335 e. The lowest BCUT2D eigenvalue weighted by molar-refractivity contribution is -0.122. The third kappa shape index (κ3) is 5.24. The molecule has 6 nitrogen and oxygen atoms in total. The molecule has 1 heterocycles. The Kier molecular flexibility index (Phi) is 7.20. The van der Waals surface area contributed by atoms with Gasteiger partial charge in [-0.05, 0) is 88.3 Å². The topological polar surface area (TPSA) is 75.7 Å². The summed E-state index contributed by atoms with van der Waals surface area (Å²) in [7, 11) is 0. The summed E-state index contributed by atoms with van der Waals surface area (Å²) in [5, 5.41) is 3.02. The molecule has 0 radical (unpaired) electrons. The molecule has 1 saturated heterocycles. The van der Waals surface area contributed by atoms with Gasteiger partial charge in [-0.15, -0.1) is 0 Å². The van der Waals surface area contributed by atoms with E-state index in [0.29, 0.717) is 21.4 Å². The number of hydrogen-bond acceptors (Lipinski definition) is 4. The molecule has 1 aliphatic rings. The van der Waals surface area contributed by atoms with Crippen LogP contribution in [0, 0.1) is 9.39 Å². The predicted octanol–water partition coefficient (Wildman–Crippen LogP) is 5.98. The van der Waals surface area contributed by atoms with Gasteiger partial charge in [0.25, 0.3) is 11.8 Å². The average Bonchev–Trinajstić information content (AvgIpc) is 2.79. The molecule has 1 N–H and O–H groups in total. The van der Waals surface area contributed by atoms with Crippen LogP contribution in [0.1, 0.15) is 11.1 Å². The van der Waals surface area contributed by atoms with E-state index in [1.54, 1.807) is 36.4 Å². The third-order valence-corrected chi connectivity index (χ3v) is 6.41. The first-order valence-electron chi connectivity index (χ1n) is 9.76. The van der Waals surface area contributed by atoms with Gasteiger partial charge < -0.3 is 4.74 Å². The molecular weight excluding hydrogens is 597 g/mol. The molecule has 34 heavy (non-hydrogen) atoms. The Morgan fingerprint density at radius 2 is 1.71 bits per heavy atom. The molecular formula is C24H14Cl2FIN2O4. The highest BCUT2D eigenvalue weighted by Crippen LogP contribution is 2.28. The molecule has 0 bridgehead atoms. The summed E-state index contributed by atoms with van der Waals surface area (Å²) in [6.45, 7) is 0.267. The molecule has 0 aromatic heterocycles. The Hall–Kier alpha value is -2.95. The summed E-state index contributed by atoms with van der Waals surface area (Å²) in [6, 6.07) is 14.2. The van der Waals surface area contributed by atoms with Gasteiger partial charge in [0, 0.05) is 0 Å². The minimum absolute atomic E-state index is 0.142. The van der Waals surface area contributed by atoms with Crippen LogP contribution in [0.4, 0.5) is 14.9 Å². The first-order chi connectivity index (χ1) is 16.2. The van der Waals surface area contributed by atoms with Crippen LogP contribution in [0.3, 0.4) is 0 Å². The number of carbonyl (C=O) groups excluding carboxylic acids is 3. The van der Waals surface area contributed by atoms with Crippen LogP contribution in [0.2, 0.25) is 10.0 Å². The van der Waals surface area contributed by atoms with E-state index in [-0.39, 0.29) is 17.9 Å². The number of rotatable bonds is 5. The van der Waals surface area contributed by atoms with Gasteiger partial charge in [0.15, 0.2) is 0 Å². The van der Waals surface area contributed by atoms with E-state index in [4.69, 9.17) is 27.9 Å². The van der Waals surface area contributed by atoms with Crippen LogP contribution < -0.4 is 15.0 Å². The van der Waals surface area contributed by atoms with Crippen molar-refractivity contribution in [1.82, 2.24) is 5.32 Å². The van der Waals surface area contributed by atoms with Gasteiger partial charge in [0.05, 0.1) is 19.3 Å². The minimum Gasteiger partial charge on any atom is -0.488 e. The Morgan fingerprint density at radius 1 is 0.971 bits per heavy atom. The van der Waals surface area contributed by atoms with Crippen molar-refractivity contribution in [2.24, 2.45) is 0 Å². The van der Waals surface area contributed by atoms with Crippen molar-refractivity contribution in [3.05, 3.63) is 96.8 Å². The van der Waals surface area contributed by atoms with Crippen LogP contribution in [-0.2, 0) is 16.2 Å². The number of carbonyl (C=O) groups is 3. The number of ether oxygens (including phenoxy) is 1. The number of benzene rings is 3. The summed E-state index contributed by atoms with van der Waals surface area (Å²) < 4.78 is 19.8. The lowest BCUT2D eigenvalue weighted by atomic mass is 10.1. The molecule has 4 rings (SSSR count). The lowest BCUT2D eigenvalue weighted by Gasteiger charge is -2.26. The minimum atomic E-state index is -0.903. The Balaban J connectivity index is 1.55. The molecule has 172 valence electrons. The zero-order valence-corrected chi connectivity index (χ0v) is 20.8. The van der Waals surface area contributed by atoms with E-state index in [1.165, 1.54) is 18.2 Å². The number of nitrogens with zero attached hydrogens (tertiary/aromatic N) is 1. The number of halogens is 4. The van der Waals surface area contributed by atoms with E-state index < -0.39 is 23.7 Å². The van der Waals surface area contributed by atoms with E-state index >= 15 is 0 Å². The maximum absolute atomic E-state index is 13.2. The van der Waals surface area contributed by atoms with Gasteiger partial charge in [-0.25, -0.2) is 14.1 Å². The summed E-state index contributed by atoms with van der Waals surface area (Å²) in [5.41, 5.74) is 1.30. The quantitative estimate of drug-likeness (QED) is 0.219. The van der Waals surface area contributed by atoms with Gasteiger partial charge >= 0.3 is 6.03 Å². The van der Waals surface area contributed by atoms with E-state index in [9.17, 15) is 18.8 Å². The second-order valence-corrected chi connectivity index (χ2v) is 9.14. The SMILES string of the molecule is O=C1NC(=O)N(c2ccc(F)cc2)C(=O)/C1=C/c1ccc(OCc2ccc(Cl)c(Cl)c2)c(I)c1. The van der Waals surface area contributed by atoms with Crippen molar-refractivity contribution in [3.8, 4) is 5.75 Å². The van der Waals surface area contributed by atoms with Crippen LogP contribution in [0.25, 0.3) is 6.08 Å². The fourth-order valence-electron chi connectivity index (χ4n) is 3.16. The fraction of sp³-hybridized carbons (Fsp3) is 0.0417. The van der Waals surface area contributed by atoms with E-state index in [2.05, 4.69) is 27.9 Å². The highest BCUT2D eigenvalue weighted by Gasteiger charge is 2.36. The maximum atomic E-state index is 13.2. The van der Waals surface area contributed by atoms with Gasteiger partial charge in [-0.2, -0.15) is 0 Å². The van der Waals surface area contributed by atoms with Crippen LogP contribution in [0.15, 0.2) is 66.2 Å². The van der Waals surface area contributed by atoms with Gasteiger partial charge in [0.2, 0.25) is 0 Å². The molecule has 0 saturated carbocycles. The van der Waals surface area contributed by atoms with Crippen LogP contribution in [-0.4, -0.2) is 17.8 Å². The largest absolute Gasteiger partial charge is 0.488 e. The Morgan fingerprint density at radius 3 is 2.38 bits per heavy atom. The summed E-state index contributed by atoms with van der Waals surface area (Å²) in [6.07, 6.45) is 1.38. The normalized spacial score (nSPS) is 15.0. The Bertz CT molecular complexity index is 1350. The molecule has 0 atom stereocenters. The first kappa shape index (κ1) is 24.2. The second kappa shape index (κ2) is 10.1. The van der Waals surface area contributed by atoms with Gasteiger partial charge in [0.1, 0.15) is 23.7 Å². The number of urea groups is 1. The van der Waals surface area contributed by atoms with E-state index in [1.807, 2.05) is 0 Å². The molecule has 1 aliphatic heterocycles. The number of anilines is 1. The highest BCUT2D eigenvalue weighted by atomic mass is 127. The van der Waals surface area contributed by atoms with E-state index in [0.717, 1.165) is 26.2 Å². The smallest absolute Gasteiger partial charge is 0.335 e. The van der Waals surface area contributed by atoms with Crippen molar-refractivity contribution in [1.29, 1.82) is 0 Å². The number of imide groups is 2. The Labute approximate surface area is 217 Å². The van der Waals surface area contributed by atoms with Crippen molar-refractivity contribution < 1.29 is 23.5 Å². The van der Waals surface area contributed by atoms with Crippen molar-refractivity contribution in [2.75, 3.05) is 4.90 Å². The standard InChI is InChI=1S/C24H14Cl2FIN2O4/c25-18-7-1-14(10-19(18)26)12-34-21-8-2-13(11-20(21)28)9-17-22(31)29-24(33)30(23(17)32)16-5-3-15(27)4-6-16/h1-11H,12H2,(H,29,31,33)/b17-9+. The number of barbiturate groups is 1. The zero-order chi connectivity index (χ0) is 24.4. The monoisotopic (exact) mass is 610 g/mol. The molecule has 0 spiro atoms. The lowest BCUT2D eigenvalue weighted by Crippen LogP contribution is -2.54. The predicted molar refractivity (Wildman–Crippen MR) is 135 cm³/mol. The molecule has 4 amide bonds. The summed E-state index contributed by atoms with van der Waals surface area (Å²) in [5.74, 6) is -1.55. The molecule has 0 aliphatic carbocycles. The summed E-state index contributed by atoms with van der Waals surface area (Å²) >= 11 is 14.0. The number of amides is 4. The number of hydrogen-bond donors (Lipinski definition) is 1. The first-order valence-corrected chi connectivity index (χ1v) is 11.6. The number of nitrogens with one attached hydrogen (secondary N) is 1. The van der Waals surface area contributed by atoms with Gasteiger partial charge in [-0.1, -0.05) is 35.3 Å². The molecule has 0 unspecified atom stereocenters. The van der Waals surface area contributed by atoms with Crippen molar-refractivity contribution >= 4 is 75.4 Å². The second-order valence-electron chi connectivity index (χ2n) is 7.16. The molecule has 3 aromatic carbocycles. The van der Waals surface area contributed by atoms with Crippen molar-refractivity contribution in [3.63, 3.8) is 0 Å². The molecule has 10 heteroatoms. The zero-order valence-electron chi connectivity index (χ0n) is 17.2. The highest BCUT2D eigenvalue weighted by molar-refractivity contribution is 14.1. The third-order valence-electron chi connectivity index (χ3n) is 4.83. The summed E-state index contributed by atoms with van der Waals surface area (Å²) in [4.78, 5) is 38.3. The van der Waals surface area contributed by atoms with Gasteiger partial charge in [-0.3, -0.25) is 14.9 Å². The average molecular weight is 611 g/mol. The fourth-order valence-corrected chi connectivity index (χ4v) is 4.18. The van der Waals surface area contributed by atoms with Crippen LogP contribution >= 0.6 is 45.8 Å².